The van der Waals surface area contributed by atoms with Crippen molar-refractivity contribution in [1.29, 1.82) is 0 Å². The van der Waals surface area contributed by atoms with Crippen LogP contribution in [0.25, 0.3) is 0 Å². The standard InChI is InChI=1S/C7H5F2O.BrH.Zn/c1-10-6-4-2-3-5(8)7(6)9;;/h3-4H,1H3;1H;/q-1;;+2/p-1. The molecule has 0 amide bonds. The molecule has 0 aliphatic rings. The van der Waals surface area contributed by atoms with Crippen molar-refractivity contribution in [2.45, 2.75) is 0 Å². The Hall–Kier alpha value is -0.0166. The van der Waals surface area contributed by atoms with Crippen LogP contribution in [0.4, 0.5) is 8.78 Å². The number of hydrogen-bond donors (Lipinski definition) is 0. The van der Waals surface area contributed by atoms with Gasteiger partial charge in [0, 0.05) is 11.6 Å². The Labute approximate surface area is 86.1 Å². The Morgan fingerprint density at radius 2 is 2.00 bits per heavy atom. The van der Waals surface area contributed by atoms with Gasteiger partial charge < -0.3 is 4.74 Å². The zero-order valence-corrected chi connectivity index (χ0v) is 11.0. The van der Waals surface area contributed by atoms with E-state index in [1.54, 1.807) is 0 Å². The summed E-state index contributed by atoms with van der Waals surface area (Å²) in [7, 11) is 1.27. The van der Waals surface area contributed by atoms with Crippen molar-refractivity contribution in [1.82, 2.24) is 0 Å². The van der Waals surface area contributed by atoms with Gasteiger partial charge in [0.1, 0.15) is 0 Å². The minimum absolute atomic E-state index is 0.125. The van der Waals surface area contributed by atoms with Crippen molar-refractivity contribution < 1.29 is 29.9 Å². The van der Waals surface area contributed by atoms with Crippen molar-refractivity contribution >= 4 is 13.6 Å². The molecule has 5 heteroatoms. The van der Waals surface area contributed by atoms with E-state index < -0.39 is 11.6 Å². The molecule has 1 rings (SSSR count). The van der Waals surface area contributed by atoms with E-state index in [0.29, 0.717) is 0 Å². The maximum absolute atomic E-state index is 12.5. The molecule has 0 saturated heterocycles. The average molecular weight is 288 g/mol. The normalized spacial score (nSPS) is 8.50. The number of rotatable bonds is 1. The van der Waals surface area contributed by atoms with Crippen LogP contribution < -0.4 is 4.74 Å². The summed E-state index contributed by atoms with van der Waals surface area (Å²) in [6.45, 7) is 0. The Morgan fingerprint density at radius 3 is 2.42 bits per heavy atom. The third-order valence-corrected chi connectivity index (χ3v) is 1.07. The summed E-state index contributed by atoms with van der Waals surface area (Å²) < 4.78 is 29.2. The first-order chi connectivity index (χ1) is 5.75. The summed E-state index contributed by atoms with van der Waals surface area (Å²) in [5.41, 5.74) is 0. The van der Waals surface area contributed by atoms with E-state index in [-0.39, 0.29) is 5.75 Å². The van der Waals surface area contributed by atoms with Gasteiger partial charge in [0.25, 0.3) is 0 Å². The summed E-state index contributed by atoms with van der Waals surface area (Å²) >= 11 is 4.25. The molecule has 0 radical (unpaired) electrons. The molecule has 0 N–H and O–H groups in total. The van der Waals surface area contributed by atoms with Crippen LogP contribution in [0.1, 0.15) is 0 Å². The van der Waals surface area contributed by atoms with E-state index in [1.165, 1.54) is 29.5 Å². The Bertz CT molecular complexity index is 245. The summed E-state index contributed by atoms with van der Waals surface area (Å²) in [5.74, 6) is -2.04. The van der Waals surface area contributed by atoms with Crippen molar-refractivity contribution in [3.63, 3.8) is 0 Å². The monoisotopic (exact) mass is 286 g/mol. The predicted octanol–water partition coefficient (Wildman–Crippen LogP) is 2.62. The molecule has 12 heavy (non-hydrogen) atoms. The summed E-state index contributed by atoms with van der Waals surface area (Å²) in [6.07, 6.45) is 0. The number of hydrogen-bond acceptors (Lipinski definition) is 1. The molecule has 0 unspecified atom stereocenters. The predicted molar refractivity (Wildman–Crippen MR) is 40.7 cm³/mol. The molecule has 0 bridgehead atoms. The van der Waals surface area contributed by atoms with Crippen LogP contribution in [-0.2, 0) is 16.3 Å². The SMILES string of the molecule is COc1c[c-]cc(F)c1F.[Zn+][Br]. The van der Waals surface area contributed by atoms with Crippen molar-refractivity contribution in [2.75, 3.05) is 7.11 Å². The molecule has 0 saturated carbocycles. The number of halogens is 3. The second-order valence-corrected chi connectivity index (χ2v) is 1.69. The van der Waals surface area contributed by atoms with Gasteiger partial charge in [0.15, 0.2) is 0 Å². The molecule has 0 spiro atoms. The van der Waals surface area contributed by atoms with E-state index in [4.69, 9.17) is 0 Å². The Balaban J connectivity index is 0.000000561. The fourth-order valence-electron chi connectivity index (χ4n) is 0.583. The van der Waals surface area contributed by atoms with Gasteiger partial charge in [-0.05, 0) is 0 Å². The number of benzene rings is 1. The van der Waals surface area contributed by atoms with E-state index in [1.807, 2.05) is 0 Å². The summed E-state index contributed by atoms with van der Waals surface area (Å²) in [5, 5.41) is 0. The molecular formula is C7H5BrF2OZn. The molecule has 0 atom stereocenters. The van der Waals surface area contributed by atoms with Crippen LogP contribution >= 0.6 is 13.6 Å². The number of methoxy groups -OCH3 is 1. The van der Waals surface area contributed by atoms with E-state index >= 15 is 0 Å². The number of ether oxygens (including phenoxy) is 1. The summed E-state index contributed by atoms with van der Waals surface area (Å²) in [4.78, 5) is 0. The molecule has 0 heterocycles. The van der Waals surface area contributed by atoms with Crippen LogP contribution in [0.15, 0.2) is 12.1 Å². The van der Waals surface area contributed by atoms with Gasteiger partial charge in [0.05, 0.1) is 12.9 Å². The molecule has 0 fully saturated rings. The van der Waals surface area contributed by atoms with Crippen molar-refractivity contribution in [3.05, 3.63) is 29.8 Å². The second-order valence-electron chi connectivity index (χ2n) is 1.69. The molecule has 0 aromatic heterocycles. The zero-order valence-electron chi connectivity index (χ0n) is 6.40. The molecule has 1 aromatic rings. The Morgan fingerprint density at radius 1 is 1.42 bits per heavy atom. The first kappa shape index (κ1) is 12.0. The van der Waals surface area contributed by atoms with Gasteiger partial charge >= 0.3 is 30.0 Å². The Kier molecular flexibility index (Phi) is 6.49. The van der Waals surface area contributed by atoms with Crippen molar-refractivity contribution in [3.8, 4) is 5.75 Å². The van der Waals surface area contributed by atoms with Crippen LogP contribution in [0, 0.1) is 17.7 Å². The molecule has 1 nitrogen and oxygen atoms in total. The van der Waals surface area contributed by atoms with Gasteiger partial charge in [-0.25, -0.2) is 4.39 Å². The fourth-order valence-corrected chi connectivity index (χ4v) is 0.583. The minimum atomic E-state index is -0.971. The van der Waals surface area contributed by atoms with Gasteiger partial charge in [0.2, 0.25) is 0 Å². The van der Waals surface area contributed by atoms with Crippen LogP contribution in [0.5, 0.6) is 5.75 Å². The molecule has 62 valence electrons. The topological polar surface area (TPSA) is 9.23 Å². The van der Waals surface area contributed by atoms with Gasteiger partial charge in [-0.2, -0.15) is 6.07 Å². The molecule has 1 aromatic carbocycles. The maximum atomic E-state index is 12.5. The quantitative estimate of drug-likeness (QED) is 0.570. The van der Waals surface area contributed by atoms with Crippen LogP contribution in [-0.4, -0.2) is 7.11 Å². The first-order valence-corrected chi connectivity index (χ1v) is 9.86. The molecular weight excluding hydrogens is 283 g/mol. The third kappa shape index (κ3) is 3.15. The van der Waals surface area contributed by atoms with Gasteiger partial charge in [-0.1, -0.05) is 0 Å². The van der Waals surface area contributed by atoms with Gasteiger partial charge in [-0.3, -0.25) is 4.39 Å². The van der Waals surface area contributed by atoms with E-state index in [0.717, 1.165) is 6.07 Å². The van der Waals surface area contributed by atoms with Crippen LogP contribution in [0.3, 0.4) is 0 Å². The molecule has 0 aliphatic carbocycles. The average Bonchev–Trinajstić information content (AvgIpc) is 2.13. The van der Waals surface area contributed by atoms with E-state index in [2.05, 4.69) is 24.4 Å². The van der Waals surface area contributed by atoms with E-state index in [9.17, 15) is 8.78 Å². The van der Waals surface area contributed by atoms with Crippen LogP contribution in [0.2, 0.25) is 0 Å². The zero-order chi connectivity index (χ0) is 9.56. The third-order valence-electron chi connectivity index (χ3n) is 1.07. The summed E-state index contributed by atoms with van der Waals surface area (Å²) in [6, 6.07) is 4.53. The van der Waals surface area contributed by atoms with Gasteiger partial charge in [-0.15, -0.1) is 12.1 Å². The fraction of sp³-hybridized carbons (Fsp3) is 0.143. The van der Waals surface area contributed by atoms with Crippen molar-refractivity contribution in [2.24, 2.45) is 0 Å². The molecule has 0 aliphatic heterocycles. The first-order valence-electron chi connectivity index (χ1n) is 2.91. The second kappa shape index (κ2) is 6.49.